The molecule has 1 aliphatic rings. The van der Waals surface area contributed by atoms with Crippen LogP contribution < -0.4 is 5.32 Å². The lowest BCUT2D eigenvalue weighted by atomic mass is 9.88. The van der Waals surface area contributed by atoms with Crippen LogP contribution in [0.2, 0.25) is 0 Å². The minimum absolute atomic E-state index is 0.00483. The molecule has 6 heterocycles. The molecule has 0 radical (unpaired) electrons. The van der Waals surface area contributed by atoms with Gasteiger partial charge < -0.3 is 10.3 Å². The summed E-state index contributed by atoms with van der Waals surface area (Å²) in [6, 6.07) is 5.47. The van der Waals surface area contributed by atoms with Crippen molar-refractivity contribution in [1.29, 1.82) is 0 Å². The van der Waals surface area contributed by atoms with Crippen molar-refractivity contribution in [1.82, 2.24) is 40.1 Å². The molecule has 0 unspecified atom stereocenters. The Morgan fingerprint density at radius 3 is 2.62 bits per heavy atom. The normalized spacial score (nSPS) is 14.1. The van der Waals surface area contributed by atoms with Crippen molar-refractivity contribution < 1.29 is 9.18 Å². The number of amides is 1. The van der Waals surface area contributed by atoms with Crippen LogP contribution in [0, 0.1) is 11.7 Å². The number of aromatic amines is 2. The molecule has 198 valence electrons. The van der Waals surface area contributed by atoms with E-state index in [2.05, 4.69) is 40.4 Å². The highest BCUT2D eigenvalue weighted by Gasteiger charge is 2.23. The number of aromatic nitrogens is 8. The Bertz CT molecular complexity index is 1860. The number of anilines is 1. The predicted octanol–water partition coefficient (Wildman–Crippen LogP) is 5.68. The predicted molar refractivity (Wildman–Crippen MR) is 148 cm³/mol. The van der Waals surface area contributed by atoms with Gasteiger partial charge in [0.25, 0.3) is 0 Å². The van der Waals surface area contributed by atoms with Crippen molar-refractivity contribution in [3.8, 4) is 33.9 Å². The van der Waals surface area contributed by atoms with Gasteiger partial charge in [-0.3, -0.25) is 29.8 Å². The molecule has 6 aromatic rings. The Morgan fingerprint density at radius 1 is 0.925 bits per heavy atom. The maximum absolute atomic E-state index is 16.1. The number of carbonyl (C=O) groups excluding carboxylic acids is 1. The number of rotatable bonds is 5. The molecule has 40 heavy (non-hydrogen) atoms. The van der Waals surface area contributed by atoms with Crippen LogP contribution in [0.4, 0.5) is 10.1 Å². The molecular formula is C29H24FN9O. The molecule has 3 N–H and O–H groups in total. The lowest BCUT2D eigenvalue weighted by Gasteiger charge is -2.20. The number of halogens is 1. The molecule has 1 saturated carbocycles. The molecule has 6 aromatic heterocycles. The number of hydrogen-bond acceptors (Lipinski definition) is 7. The molecule has 11 heteroatoms. The summed E-state index contributed by atoms with van der Waals surface area (Å²) >= 11 is 0. The van der Waals surface area contributed by atoms with E-state index < -0.39 is 5.82 Å². The molecule has 1 aliphatic carbocycles. The first-order valence-electron chi connectivity index (χ1n) is 13.2. The van der Waals surface area contributed by atoms with Crippen LogP contribution in [0.25, 0.3) is 55.8 Å². The van der Waals surface area contributed by atoms with E-state index in [1.807, 2.05) is 12.1 Å². The number of nitrogens with one attached hydrogen (secondary N) is 3. The van der Waals surface area contributed by atoms with Crippen molar-refractivity contribution in [2.75, 3.05) is 5.32 Å². The largest absolute Gasteiger partial charge is 0.335 e. The van der Waals surface area contributed by atoms with Gasteiger partial charge in [0.2, 0.25) is 5.91 Å². The van der Waals surface area contributed by atoms with Crippen molar-refractivity contribution in [2.24, 2.45) is 5.92 Å². The second-order valence-electron chi connectivity index (χ2n) is 9.98. The Morgan fingerprint density at radius 2 is 1.77 bits per heavy atom. The summed E-state index contributed by atoms with van der Waals surface area (Å²) in [5.74, 6) is -0.202. The monoisotopic (exact) mass is 533 g/mol. The van der Waals surface area contributed by atoms with E-state index >= 15 is 4.39 Å². The van der Waals surface area contributed by atoms with Gasteiger partial charge in [0.05, 0.1) is 40.7 Å². The van der Waals surface area contributed by atoms with Gasteiger partial charge in [-0.15, -0.1) is 0 Å². The standard InChI is InChI=1S/C29H24FN9O/c30-24-23-21(15-34-25(24)18-9-19(12-32-11-18)35-29(40)16-5-2-1-3-6-16)38-39-27(23)28-36-22-14-33-13-20(26(22)37-28)17-7-4-8-31-10-17/h4,7-16H,1-3,5-6H2,(H,35,40)(H,36,37)(H,38,39). The fraction of sp³-hybridized carbons (Fsp3) is 0.207. The zero-order chi connectivity index (χ0) is 27.1. The van der Waals surface area contributed by atoms with Gasteiger partial charge in [0, 0.05) is 47.4 Å². The van der Waals surface area contributed by atoms with Gasteiger partial charge in [-0.25, -0.2) is 9.37 Å². The molecule has 1 amide bonds. The first-order valence-corrected chi connectivity index (χ1v) is 13.2. The number of carbonyl (C=O) groups is 1. The molecule has 10 nitrogen and oxygen atoms in total. The second-order valence-corrected chi connectivity index (χ2v) is 9.98. The van der Waals surface area contributed by atoms with Crippen LogP contribution >= 0.6 is 0 Å². The van der Waals surface area contributed by atoms with Gasteiger partial charge in [0.15, 0.2) is 11.6 Å². The van der Waals surface area contributed by atoms with Gasteiger partial charge in [-0.2, -0.15) is 5.10 Å². The quantitative estimate of drug-likeness (QED) is 0.259. The van der Waals surface area contributed by atoms with Gasteiger partial charge in [0.1, 0.15) is 16.9 Å². The van der Waals surface area contributed by atoms with Crippen LogP contribution in [-0.4, -0.2) is 46.0 Å². The highest BCUT2D eigenvalue weighted by molar-refractivity contribution is 5.98. The SMILES string of the molecule is O=C(Nc1cncc(-c2ncc3[nH]nc(-c4nc5c(-c6cccnc6)cncc5[nH]4)c3c2F)c1)C1CCCCC1. The summed E-state index contributed by atoms with van der Waals surface area (Å²) in [6.45, 7) is 0. The van der Waals surface area contributed by atoms with E-state index in [-0.39, 0.29) is 22.9 Å². The smallest absolute Gasteiger partial charge is 0.227 e. The van der Waals surface area contributed by atoms with E-state index in [1.165, 1.54) is 18.8 Å². The zero-order valence-electron chi connectivity index (χ0n) is 21.4. The summed E-state index contributed by atoms with van der Waals surface area (Å²) in [4.78, 5) is 37.8. The molecule has 0 bridgehead atoms. The summed E-state index contributed by atoms with van der Waals surface area (Å²) in [6.07, 6.45) is 16.5. The Kier molecular flexibility index (Phi) is 5.95. The van der Waals surface area contributed by atoms with Crippen LogP contribution in [0.1, 0.15) is 32.1 Å². The van der Waals surface area contributed by atoms with Crippen LogP contribution in [0.15, 0.2) is 61.6 Å². The van der Waals surface area contributed by atoms with E-state index in [1.54, 1.807) is 37.1 Å². The maximum atomic E-state index is 16.1. The Balaban J connectivity index is 1.26. The van der Waals surface area contributed by atoms with Crippen molar-refractivity contribution in [3.63, 3.8) is 0 Å². The molecule has 0 aromatic carbocycles. The molecule has 0 atom stereocenters. The fourth-order valence-corrected chi connectivity index (χ4v) is 5.37. The lowest BCUT2D eigenvalue weighted by molar-refractivity contribution is -0.120. The molecule has 1 fully saturated rings. The first kappa shape index (κ1) is 24.0. The summed E-state index contributed by atoms with van der Waals surface area (Å²) in [5, 5.41) is 10.4. The van der Waals surface area contributed by atoms with Crippen LogP contribution in [-0.2, 0) is 4.79 Å². The van der Waals surface area contributed by atoms with Crippen LogP contribution in [0.5, 0.6) is 0 Å². The van der Waals surface area contributed by atoms with E-state index in [0.717, 1.165) is 36.8 Å². The second kappa shape index (κ2) is 9.92. The Hall–Kier alpha value is -5.06. The van der Waals surface area contributed by atoms with Crippen molar-refractivity contribution in [3.05, 3.63) is 67.4 Å². The van der Waals surface area contributed by atoms with Crippen LogP contribution in [0.3, 0.4) is 0 Å². The summed E-state index contributed by atoms with van der Waals surface area (Å²) in [7, 11) is 0. The van der Waals surface area contributed by atoms with Crippen molar-refractivity contribution >= 4 is 33.5 Å². The third kappa shape index (κ3) is 4.25. The summed E-state index contributed by atoms with van der Waals surface area (Å²) < 4.78 is 16.1. The number of pyridine rings is 4. The third-order valence-corrected chi connectivity index (χ3v) is 7.39. The van der Waals surface area contributed by atoms with E-state index in [0.29, 0.717) is 39.3 Å². The topological polar surface area (TPSA) is 138 Å². The number of H-pyrrole nitrogens is 2. The fourth-order valence-electron chi connectivity index (χ4n) is 5.37. The number of imidazole rings is 1. The molecule has 0 spiro atoms. The van der Waals surface area contributed by atoms with E-state index in [9.17, 15) is 4.79 Å². The maximum Gasteiger partial charge on any atom is 0.227 e. The minimum atomic E-state index is -0.565. The number of hydrogen-bond donors (Lipinski definition) is 3. The van der Waals surface area contributed by atoms with Gasteiger partial charge >= 0.3 is 0 Å². The molecule has 0 saturated heterocycles. The van der Waals surface area contributed by atoms with E-state index in [4.69, 9.17) is 4.98 Å². The van der Waals surface area contributed by atoms with Gasteiger partial charge in [-0.1, -0.05) is 25.3 Å². The number of fused-ring (bicyclic) bond motifs is 2. The Labute approximate surface area is 227 Å². The van der Waals surface area contributed by atoms with Crippen molar-refractivity contribution in [2.45, 2.75) is 32.1 Å². The highest BCUT2D eigenvalue weighted by atomic mass is 19.1. The third-order valence-electron chi connectivity index (χ3n) is 7.39. The average Bonchev–Trinajstić information content (AvgIpc) is 3.63. The molecule has 7 rings (SSSR count). The number of nitrogens with zero attached hydrogens (tertiary/aromatic N) is 6. The molecular weight excluding hydrogens is 509 g/mol. The first-order chi connectivity index (χ1) is 19.7. The minimum Gasteiger partial charge on any atom is -0.335 e. The zero-order valence-corrected chi connectivity index (χ0v) is 21.4. The highest BCUT2D eigenvalue weighted by Crippen LogP contribution is 2.34. The lowest BCUT2D eigenvalue weighted by Crippen LogP contribution is -2.24. The van der Waals surface area contributed by atoms with Gasteiger partial charge in [-0.05, 0) is 25.0 Å². The summed E-state index contributed by atoms with van der Waals surface area (Å²) in [5.41, 5.74) is 4.83. The molecule has 0 aliphatic heterocycles. The average molecular weight is 534 g/mol.